The highest BCUT2D eigenvalue weighted by molar-refractivity contribution is 6.11. The summed E-state index contributed by atoms with van der Waals surface area (Å²) < 4.78 is 2.08. The zero-order chi connectivity index (χ0) is 31.2. The fourth-order valence-electron chi connectivity index (χ4n) is 5.58. The van der Waals surface area contributed by atoms with Crippen LogP contribution in [0.1, 0.15) is 34.7 Å². The summed E-state index contributed by atoms with van der Waals surface area (Å²) in [6.07, 6.45) is 3.16. The molecule has 7 rings (SSSR count). The molecule has 0 fully saturated rings. The monoisotopic (exact) mass is 585 g/mol. The van der Waals surface area contributed by atoms with Gasteiger partial charge in [-0.15, -0.1) is 0 Å². The molecule has 0 unspecified atom stereocenters. The highest BCUT2D eigenvalue weighted by Gasteiger charge is 2.19. The molecule has 45 heavy (non-hydrogen) atoms. The van der Waals surface area contributed by atoms with E-state index in [0.717, 1.165) is 38.5 Å². The van der Waals surface area contributed by atoms with Gasteiger partial charge >= 0.3 is 0 Å². The summed E-state index contributed by atoms with van der Waals surface area (Å²) in [5.74, 6) is 3.79. The van der Waals surface area contributed by atoms with Gasteiger partial charge in [-0.1, -0.05) is 30.3 Å². The minimum Gasteiger partial charge on any atom is -0.308 e. The first-order chi connectivity index (χ1) is 21.8. The average Bonchev–Trinajstić information content (AvgIpc) is 3.36. The summed E-state index contributed by atoms with van der Waals surface area (Å²) >= 11 is 0. The second-order valence-corrected chi connectivity index (χ2v) is 10.6. The lowest BCUT2D eigenvalue weighted by Gasteiger charge is -2.13. The topological polar surface area (TPSA) is 156 Å². The molecule has 0 N–H and O–H groups in total. The Morgan fingerprint density at radius 3 is 1.49 bits per heavy atom. The van der Waals surface area contributed by atoms with Gasteiger partial charge in [0.05, 0.1) is 22.3 Å². The maximum absolute atomic E-state index is 10.4. The Morgan fingerprint density at radius 1 is 0.533 bits per heavy atom. The fraction of sp³-hybridized carbons (Fsp3) is 0.118. The van der Waals surface area contributed by atoms with Crippen molar-refractivity contribution in [2.45, 2.75) is 27.7 Å². The number of hydrogen-bond acceptors (Lipinski definition) is 10. The smallest absolute Gasteiger partial charge is 0.232 e. The lowest BCUT2D eigenvalue weighted by molar-refractivity contribution is 0.928. The molecule has 0 aliphatic rings. The molecule has 0 bridgehead atoms. The van der Waals surface area contributed by atoms with Crippen molar-refractivity contribution < 1.29 is 0 Å². The Kier molecular flexibility index (Phi) is 6.49. The first-order valence-electron chi connectivity index (χ1n) is 14.1. The Bertz CT molecular complexity index is 2250. The maximum atomic E-state index is 10.4. The Morgan fingerprint density at radius 2 is 1.02 bits per heavy atom. The van der Waals surface area contributed by atoms with Crippen LogP contribution in [0.3, 0.4) is 0 Å². The van der Waals surface area contributed by atoms with Crippen molar-refractivity contribution in [2.24, 2.45) is 0 Å². The van der Waals surface area contributed by atoms with Crippen LogP contribution in [0, 0.1) is 50.4 Å². The molecule has 0 saturated heterocycles. The molecule has 7 aromatic rings. The number of nitriles is 2. The van der Waals surface area contributed by atoms with E-state index in [1.54, 1.807) is 12.4 Å². The third-order valence-corrected chi connectivity index (χ3v) is 7.44. The molecule has 11 nitrogen and oxygen atoms in total. The molecule has 0 spiro atoms. The average molecular weight is 586 g/mol. The van der Waals surface area contributed by atoms with Crippen LogP contribution in [-0.2, 0) is 0 Å². The molecular formula is C34H23N11. The van der Waals surface area contributed by atoms with Gasteiger partial charge in [-0.25, -0.2) is 39.9 Å². The van der Waals surface area contributed by atoms with Crippen LogP contribution in [-0.4, -0.2) is 44.4 Å². The summed E-state index contributed by atoms with van der Waals surface area (Å²) in [5, 5.41) is 21.5. The Hall–Kier alpha value is -6.46. The predicted octanol–water partition coefficient (Wildman–Crippen LogP) is 5.92. The van der Waals surface area contributed by atoms with Crippen LogP contribution < -0.4 is 0 Å². The van der Waals surface area contributed by atoms with E-state index >= 15 is 0 Å². The van der Waals surface area contributed by atoms with E-state index in [1.807, 2.05) is 76.2 Å². The number of benzene rings is 3. The van der Waals surface area contributed by atoms with Crippen LogP contribution in [0.4, 0.5) is 0 Å². The molecule has 0 aliphatic carbocycles. The molecule has 0 atom stereocenters. The van der Waals surface area contributed by atoms with Crippen molar-refractivity contribution in [3.63, 3.8) is 0 Å². The van der Waals surface area contributed by atoms with Gasteiger partial charge in [0.1, 0.15) is 35.4 Å². The third-order valence-electron chi connectivity index (χ3n) is 7.44. The van der Waals surface area contributed by atoms with Gasteiger partial charge in [-0.05, 0) is 57.5 Å². The van der Waals surface area contributed by atoms with E-state index < -0.39 is 0 Å². The molecule has 214 valence electrons. The minimum atomic E-state index is 0.0832. The lowest BCUT2D eigenvalue weighted by Crippen LogP contribution is -2.01. The summed E-state index contributed by atoms with van der Waals surface area (Å²) in [5.41, 5.74) is 6.01. The Balaban J connectivity index is 1.50. The zero-order valence-corrected chi connectivity index (χ0v) is 24.8. The van der Waals surface area contributed by atoms with Gasteiger partial charge in [0.15, 0.2) is 11.6 Å². The zero-order valence-electron chi connectivity index (χ0n) is 24.8. The number of nitrogens with zero attached hydrogens (tertiary/aromatic N) is 11. The molecule has 4 heterocycles. The van der Waals surface area contributed by atoms with Crippen LogP contribution in [0.5, 0.6) is 0 Å². The normalized spacial score (nSPS) is 11.1. The summed E-state index contributed by atoms with van der Waals surface area (Å²) in [4.78, 5) is 35.2. The van der Waals surface area contributed by atoms with Gasteiger partial charge in [-0.2, -0.15) is 10.5 Å². The van der Waals surface area contributed by atoms with Gasteiger partial charge in [0.2, 0.25) is 5.82 Å². The SMILES string of the molecule is Cc1nc(C)nc(-c2ccc3c4ccc(-c5nc(C)nc(C)n5)cc4n(-c4ccc(-c5cnc(C#N)nc5)cc4C#N)c3c2)n1. The largest absolute Gasteiger partial charge is 0.308 e. The summed E-state index contributed by atoms with van der Waals surface area (Å²) in [6.45, 7) is 7.39. The molecule has 11 heteroatoms. The van der Waals surface area contributed by atoms with E-state index in [2.05, 4.69) is 62.6 Å². The van der Waals surface area contributed by atoms with Crippen LogP contribution in [0.15, 0.2) is 67.0 Å². The van der Waals surface area contributed by atoms with Crippen molar-refractivity contribution in [3.8, 4) is 51.7 Å². The number of aryl methyl sites for hydroxylation is 4. The first-order valence-corrected chi connectivity index (χ1v) is 14.1. The number of hydrogen-bond donors (Lipinski definition) is 0. The maximum Gasteiger partial charge on any atom is 0.232 e. The minimum absolute atomic E-state index is 0.0832. The van der Waals surface area contributed by atoms with Crippen molar-refractivity contribution in [2.75, 3.05) is 0 Å². The third kappa shape index (κ3) is 4.88. The second kappa shape index (κ2) is 10.7. The molecule has 3 aromatic carbocycles. The molecule has 4 aromatic heterocycles. The highest BCUT2D eigenvalue weighted by Crippen LogP contribution is 2.37. The van der Waals surface area contributed by atoms with Crippen LogP contribution in [0.2, 0.25) is 0 Å². The fourth-order valence-corrected chi connectivity index (χ4v) is 5.58. The number of rotatable bonds is 4. The predicted molar refractivity (Wildman–Crippen MR) is 168 cm³/mol. The van der Waals surface area contributed by atoms with Gasteiger partial charge in [0, 0.05) is 39.9 Å². The van der Waals surface area contributed by atoms with Crippen molar-refractivity contribution >= 4 is 21.8 Å². The first kappa shape index (κ1) is 27.4. The van der Waals surface area contributed by atoms with E-state index in [0.29, 0.717) is 51.8 Å². The van der Waals surface area contributed by atoms with Gasteiger partial charge in [-0.3, -0.25) is 0 Å². The van der Waals surface area contributed by atoms with E-state index in [4.69, 9.17) is 5.26 Å². The lowest BCUT2D eigenvalue weighted by atomic mass is 10.0. The highest BCUT2D eigenvalue weighted by atomic mass is 15.0. The molecule has 0 aliphatic heterocycles. The molecule has 0 saturated carbocycles. The van der Waals surface area contributed by atoms with Crippen molar-refractivity contribution in [1.82, 2.24) is 44.4 Å². The Labute approximate surface area is 257 Å². The van der Waals surface area contributed by atoms with Crippen molar-refractivity contribution in [3.05, 3.63) is 102 Å². The van der Waals surface area contributed by atoms with E-state index in [9.17, 15) is 5.26 Å². The molecule has 0 amide bonds. The molecular weight excluding hydrogens is 562 g/mol. The van der Waals surface area contributed by atoms with E-state index in [1.165, 1.54) is 0 Å². The summed E-state index contributed by atoms with van der Waals surface area (Å²) in [7, 11) is 0. The van der Waals surface area contributed by atoms with E-state index in [-0.39, 0.29) is 5.82 Å². The second-order valence-electron chi connectivity index (χ2n) is 10.6. The standard InChI is InChI=1S/C34H23N11/c1-18-39-19(2)42-33(41-18)23-5-8-27-28-9-6-24(34-43-20(3)40-21(4)44-34)13-31(28)45(30(27)12-23)29-10-7-22(11-25(29)14-35)26-16-37-32(15-36)38-17-26/h5-13,16-17H,1-4H3. The van der Waals surface area contributed by atoms with Crippen LogP contribution in [0.25, 0.3) is 61.4 Å². The quantitative estimate of drug-likeness (QED) is 0.243. The van der Waals surface area contributed by atoms with Gasteiger partial charge < -0.3 is 4.57 Å². The van der Waals surface area contributed by atoms with Crippen molar-refractivity contribution in [1.29, 1.82) is 10.5 Å². The number of fused-ring (bicyclic) bond motifs is 3. The number of aromatic nitrogens is 9. The molecule has 0 radical (unpaired) electrons. The summed E-state index contributed by atoms with van der Waals surface area (Å²) in [6, 6.07) is 22.2. The van der Waals surface area contributed by atoms with Gasteiger partial charge in [0.25, 0.3) is 0 Å². The van der Waals surface area contributed by atoms with Crippen LogP contribution >= 0.6 is 0 Å².